The minimum absolute atomic E-state index is 0.121. The van der Waals surface area contributed by atoms with Crippen LogP contribution in [0.15, 0.2) is 42.6 Å². The lowest BCUT2D eigenvalue weighted by atomic mass is 9.97. The Labute approximate surface area is 191 Å². The number of carbonyl (C=O) groups excluding carboxylic acids is 2. The molecule has 1 aromatic heterocycles. The van der Waals surface area contributed by atoms with Crippen LogP contribution in [-0.4, -0.2) is 53.3 Å². The Bertz CT molecular complexity index is 877. The van der Waals surface area contributed by atoms with Crippen LogP contribution in [0.1, 0.15) is 35.3 Å². The molecule has 0 saturated carbocycles. The number of hydrogen-bond donors (Lipinski definition) is 3. The van der Waals surface area contributed by atoms with Crippen LogP contribution in [0.2, 0.25) is 10.0 Å². The molecule has 1 aliphatic rings. The van der Waals surface area contributed by atoms with Crippen molar-refractivity contribution in [1.82, 2.24) is 15.6 Å². The molecule has 1 fully saturated rings. The summed E-state index contributed by atoms with van der Waals surface area (Å²) in [4.78, 5) is 28.7. The molecule has 1 aromatic carbocycles. The third-order valence-electron chi connectivity index (χ3n) is 5.09. The number of aliphatic hydroxyl groups is 1. The van der Waals surface area contributed by atoms with Gasteiger partial charge in [0.2, 0.25) is 5.91 Å². The zero-order valence-corrected chi connectivity index (χ0v) is 18.4. The number of nitrogens with zero attached hydrogens (tertiary/aromatic N) is 1. The molecule has 7 nitrogen and oxygen atoms in total. The number of halogens is 2. The lowest BCUT2D eigenvalue weighted by molar-refractivity contribution is -0.127. The Balaban J connectivity index is 1.43. The number of benzene rings is 1. The van der Waals surface area contributed by atoms with Crippen molar-refractivity contribution in [2.75, 3.05) is 13.2 Å². The molecule has 2 aromatic rings. The fraction of sp³-hybridized carbons (Fsp3) is 0.409. The second kappa shape index (κ2) is 11.4. The number of pyridine rings is 1. The van der Waals surface area contributed by atoms with E-state index in [0.29, 0.717) is 47.1 Å². The standard InChI is InChI=1S/C22H25Cl2N3O4/c23-15-9-14(10-16(24)11-15)22(30)26-8-6-18-4-5-19(20(13-28)31-18)27-21(29)12-17-3-1-2-7-25-17/h1-3,7,9-11,18-20,28H,4-6,8,12-13H2,(H,26,30)(H,27,29)/t18-,19-,20-/m1/s1. The second-order valence-corrected chi connectivity index (χ2v) is 8.30. The van der Waals surface area contributed by atoms with Gasteiger partial charge < -0.3 is 20.5 Å². The monoisotopic (exact) mass is 465 g/mol. The quantitative estimate of drug-likeness (QED) is 0.556. The number of ether oxygens (including phenoxy) is 1. The maximum absolute atomic E-state index is 12.3. The summed E-state index contributed by atoms with van der Waals surface area (Å²) in [6.07, 6.45) is 3.20. The summed E-state index contributed by atoms with van der Waals surface area (Å²) in [5.41, 5.74) is 1.08. The average molecular weight is 466 g/mol. The number of aliphatic hydroxyl groups excluding tert-OH is 1. The van der Waals surface area contributed by atoms with Gasteiger partial charge in [0.05, 0.1) is 25.2 Å². The highest BCUT2D eigenvalue weighted by Crippen LogP contribution is 2.22. The molecule has 0 radical (unpaired) electrons. The molecule has 3 rings (SSSR count). The van der Waals surface area contributed by atoms with E-state index in [4.69, 9.17) is 27.9 Å². The van der Waals surface area contributed by atoms with Crippen LogP contribution in [-0.2, 0) is 16.0 Å². The number of amides is 2. The summed E-state index contributed by atoms with van der Waals surface area (Å²) in [6, 6.07) is 9.84. The minimum Gasteiger partial charge on any atom is -0.394 e. The summed E-state index contributed by atoms with van der Waals surface area (Å²) in [5, 5.41) is 16.3. The van der Waals surface area contributed by atoms with E-state index in [1.165, 1.54) is 0 Å². The van der Waals surface area contributed by atoms with Crippen LogP contribution in [0.25, 0.3) is 0 Å². The van der Waals surface area contributed by atoms with Crippen molar-refractivity contribution in [1.29, 1.82) is 0 Å². The largest absolute Gasteiger partial charge is 0.394 e. The minimum atomic E-state index is -0.492. The van der Waals surface area contributed by atoms with Crippen molar-refractivity contribution >= 4 is 35.0 Å². The predicted molar refractivity (Wildman–Crippen MR) is 118 cm³/mol. The molecule has 0 spiro atoms. The maximum Gasteiger partial charge on any atom is 0.251 e. The topological polar surface area (TPSA) is 101 Å². The van der Waals surface area contributed by atoms with Crippen LogP contribution < -0.4 is 10.6 Å². The van der Waals surface area contributed by atoms with Crippen molar-refractivity contribution in [3.8, 4) is 0 Å². The Morgan fingerprint density at radius 2 is 1.94 bits per heavy atom. The summed E-state index contributed by atoms with van der Waals surface area (Å²) in [6.45, 7) is 0.209. The van der Waals surface area contributed by atoms with Crippen molar-refractivity contribution in [3.63, 3.8) is 0 Å². The van der Waals surface area contributed by atoms with E-state index >= 15 is 0 Å². The van der Waals surface area contributed by atoms with Gasteiger partial charge in [-0.05, 0) is 49.6 Å². The Kier molecular flexibility index (Phi) is 8.66. The number of nitrogens with one attached hydrogen (secondary N) is 2. The number of aromatic nitrogens is 1. The van der Waals surface area contributed by atoms with Crippen molar-refractivity contribution in [3.05, 3.63) is 63.9 Å². The molecular weight excluding hydrogens is 441 g/mol. The lowest BCUT2D eigenvalue weighted by Crippen LogP contribution is -2.51. The number of rotatable bonds is 8. The van der Waals surface area contributed by atoms with Crippen molar-refractivity contribution in [2.45, 2.75) is 43.9 Å². The third-order valence-corrected chi connectivity index (χ3v) is 5.52. The Morgan fingerprint density at radius 3 is 2.61 bits per heavy atom. The van der Waals surface area contributed by atoms with E-state index < -0.39 is 6.10 Å². The van der Waals surface area contributed by atoms with Gasteiger partial charge in [-0.2, -0.15) is 0 Å². The second-order valence-electron chi connectivity index (χ2n) is 7.43. The first-order valence-electron chi connectivity index (χ1n) is 10.1. The molecule has 0 bridgehead atoms. The highest BCUT2D eigenvalue weighted by molar-refractivity contribution is 6.35. The molecule has 3 atom stereocenters. The van der Waals surface area contributed by atoms with E-state index in [0.717, 1.165) is 0 Å². The van der Waals surface area contributed by atoms with Gasteiger partial charge in [0.15, 0.2) is 0 Å². The van der Waals surface area contributed by atoms with Gasteiger partial charge >= 0.3 is 0 Å². The zero-order valence-electron chi connectivity index (χ0n) is 16.9. The van der Waals surface area contributed by atoms with Gasteiger partial charge in [0.1, 0.15) is 6.10 Å². The van der Waals surface area contributed by atoms with E-state index in [1.54, 1.807) is 36.5 Å². The van der Waals surface area contributed by atoms with Crippen molar-refractivity contribution in [2.24, 2.45) is 0 Å². The SMILES string of the molecule is O=C(Cc1ccccn1)N[C@@H]1CC[C@H](CCNC(=O)c2cc(Cl)cc(Cl)c2)O[C@@H]1CO. The van der Waals surface area contributed by atoms with Gasteiger partial charge in [0, 0.05) is 34.0 Å². The molecule has 0 unspecified atom stereocenters. The Hall–Kier alpha value is -2.19. The lowest BCUT2D eigenvalue weighted by Gasteiger charge is -2.36. The fourth-order valence-corrected chi connectivity index (χ4v) is 4.09. The summed E-state index contributed by atoms with van der Waals surface area (Å²) < 4.78 is 5.95. The van der Waals surface area contributed by atoms with Gasteiger partial charge in [-0.1, -0.05) is 29.3 Å². The van der Waals surface area contributed by atoms with Crippen LogP contribution in [0.4, 0.5) is 0 Å². The smallest absolute Gasteiger partial charge is 0.251 e. The third kappa shape index (κ3) is 7.18. The van der Waals surface area contributed by atoms with Crippen LogP contribution in [0.3, 0.4) is 0 Å². The molecule has 3 N–H and O–H groups in total. The first-order valence-corrected chi connectivity index (χ1v) is 10.9. The van der Waals surface area contributed by atoms with Crippen molar-refractivity contribution < 1.29 is 19.4 Å². The first-order chi connectivity index (χ1) is 14.9. The van der Waals surface area contributed by atoms with Crippen LogP contribution in [0, 0.1) is 0 Å². The van der Waals surface area contributed by atoms with Gasteiger partial charge in [0.25, 0.3) is 5.91 Å². The normalized spacial score (nSPS) is 20.8. The molecule has 1 saturated heterocycles. The first kappa shape index (κ1) is 23.5. The molecule has 1 aliphatic heterocycles. The Morgan fingerprint density at radius 1 is 1.16 bits per heavy atom. The molecule has 166 valence electrons. The average Bonchev–Trinajstić information content (AvgIpc) is 2.74. The maximum atomic E-state index is 12.3. The summed E-state index contributed by atoms with van der Waals surface area (Å²) >= 11 is 11.9. The molecule has 2 heterocycles. The van der Waals surface area contributed by atoms with E-state index in [-0.39, 0.29) is 37.0 Å². The zero-order chi connectivity index (χ0) is 22.2. The molecular formula is C22H25Cl2N3O4. The van der Waals surface area contributed by atoms with E-state index in [2.05, 4.69) is 15.6 Å². The molecule has 31 heavy (non-hydrogen) atoms. The fourth-order valence-electron chi connectivity index (χ4n) is 3.57. The van der Waals surface area contributed by atoms with E-state index in [9.17, 15) is 14.7 Å². The van der Waals surface area contributed by atoms with Crippen LogP contribution in [0.5, 0.6) is 0 Å². The van der Waals surface area contributed by atoms with E-state index in [1.807, 2.05) is 6.07 Å². The highest BCUT2D eigenvalue weighted by atomic mass is 35.5. The van der Waals surface area contributed by atoms with Gasteiger partial charge in [-0.25, -0.2) is 0 Å². The molecule has 0 aliphatic carbocycles. The van der Waals surface area contributed by atoms with Gasteiger partial charge in [-0.15, -0.1) is 0 Å². The number of carbonyl (C=O) groups is 2. The molecule has 9 heteroatoms. The predicted octanol–water partition coefficient (Wildman–Crippen LogP) is 2.78. The highest BCUT2D eigenvalue weighted by Gasteiger charge is 2.31. The van der Waals surface area contributed by atoms with Gasteiger partial charge in [-0.3, -0.25) is 14.6 Å². The summed E-state index contributed by atoms with van der Waals surface area (Å²) in [7, 11) is 0. The number of hydrogen-bond acceptors (Lipinski definition) is 5. The summed E-state index contributed by atoms with van der Waals surface area (Å²) in [5.74, 6) is -0.421. The molecule has 2 amide bonds. The van der Waals surface area contributed by atoms with Crippen LogP contribution >= 0.6 is 23.2 Å².